The predicted octanol–water partition coefficient (Wildman–Crippen LogP) is 4.45. The van der Waals surface area contributed by atoms with E-state index in [9.17, 15) is 17.6 Å². The second-order valence-corrected chi connectivity index (χ2v) is 5.39. The van der Waals surface area contributed by atoms with Gasteiger partial charge in [0, 0.05) is 24.8 Å². The van der Waals surface area contributed by atoms with Gasteiger partial charge in [-0.2, -0.15) is 8.78 Å². The normalized spacial score (nSPS) is 23.1. The van der Waals surface area contributed by atoms with Crippen LogP contribution < -0.4 is 4.74 Å². The molecule has 0 atom stereocenters. The molecule has 1 fully saturated rings. The van der Waals surface area contributed by atoms with Crippen molar-refractivity contribution >= 4 is 0 Å². The number of methoxy groups -OCH3 is 1. The van der Waals surface area contributed by atoms with Crippen molar-refractivity contribution in [2.75, 3.05) is 7.11 Å². The Balaban J connectivity index is 2.07. The van der Waals surface area contributed by atoms with E-state index in [-0.39, 0.29) is 24.5 Å². The highest BCUT2D eigenvalue weighted by Crippen LogP contribution is 2.39. The summed E-state index contributed by atoms with van der Waals surface area (Å²) in [6, 6.07) is 1.57. The zero-order valence-electron chi connectivity index (χ0n) is 12.0. The molecule has 0 unspecified atom stereocenters. The third kappa shape index (κ3) is 3.67. The second-order valence-electron chi connectivity index (χ2n) is 5.39. The molecule has 118 valence electrons. The number of hydrogen-bond donors (Lipinski definition) is 0. The zero-order valence-corrected chi connectivity index (χ0v) is 12.0. The summed E-state index contributed by atoms with van der Waals surface area (Å²) in [6.07, 6.45) is -1.91. The zero-order chi connectivity index (χ0) is 15.6. The van der Waals surface area contributed by atoms with E-state index in [2.05, 4.69) is 4.74 Å². The summed E-state index contributed by atoms with van der Waals surface area (Å²) in [5, 5.41) is 0. The highest BCUT2D eigenvalue weighted by Gasteiger charge is 2.44. The molecule has 1 aromatic carbocycles. The standard InChI is InChI=1S/C15H18F4O2/c1-9-13(16)7-12(8-14(9)17)21-15(18,19)10-3-5-11(20-2)6-4-10/h7-8,10-11H,3-6H2,1-2H3. The molecule has 0 N–H and O–H groups in total. The highest BCUT2D eigenvalue weighted by molar-refractivity contribution is 5.30. The molecule has 1 aliphatic rings. The molecule has 0 heterocycles. The molecule has 1 aromatic rings. The van der Waals surface area contributed by atoms with Crippen LogP contribution in [0.5, 0.6) is 5.75 Å². The van der Waals surface area contributed by atoms with Crippen molar-refractivity contribution in [1.82, 2.24) is 0 Å². The first-order chi connectivity index (χ1) is 9.83. The van der Waals surface area contributed by atoms with Crippen molar-refractivity contribution in [2.24, 2.45) is 5.92 Å². The predicted molar refractivity (Wildman–Crippen MR) is 69.4 cm³/mol. The van der Waals surface area contributed by atoms with Gasteiger partial charge in [-0.15, -0.1) is 0 Å². The Kier molecular flexibility index (Phi) is 4.76. The van der Waals surface area contributed by atoms with Crippen LogP contribution in [0.1, 0.15) is 31.2 Å². The van der Waals surface area contributed by atoms with E-state index in [4.69, 9.17) is 4.74 Å². The second kappa shape index (κ2) is 6.22. The van der Waals surface area contributed by atoms with Gasteiger partial charge in [-0.05, 0) is 32.6 Å². The van der Waals surface area contributed by atoms with E-state index in [1.54, 1.807) is 7.11 Å². The minimum absolute atomic E-state index is 0.00804. The molecule has 0 aliphatic heterocycles. The Morgan fingerprint density at radius 2 is 1.57 bits per heavy atom. The van der Waals surface area contributed by atoms with Crippen LogP contribution in [0.2, 0.25) is 0 Å². The SMILES string of the molecule is COC1CCC(C(F)(F)Oc2cc(F)c(C)c(F)c2)CC1. The molecule has 6 heteroatoms. The number of benzene rings is 1. The van der Waals surface area contributed by atoms with Crippen molar-refractivity contribution in [3.63, 3.8) is 0 Å². The average molecular weight is 306 g/mol. The van der Waals surface area contributed by atoms with Gasteiger partial charge in [-0.3, -0.25) is 0 Å². The Hall–Kier alpha value is -1.30. The lowest BCUT2D eigenvalue weighted by molar-refractivity contribution is -0.225. The van der Waals surface area contributed by atoms with Gasteiger partial charge >= 0.3 is 6.11 Å². The average Bonchev–Trinajstić information content (AvgIpc) is 2.44. The number of ether oxygens (including phenoxy) is 2. The lowest BCUT2D eigenvalue weighted by Gasteiger charge is -2.32. The maximum absolute atomic E-state index is 14.1. The Bertz CT molecular complexity index is 473. The van der Waals surface area contributed by atoms with Crippen molar-refractivity contribution in [3.8, 4) is 5.75 Å². The number of alkyl halides is 2. The van der Waals surface area contributed by atoms with Crippen LogP contribution in [0.4, 0.5) is 17.6 Å². The third-order valence-electron chi connectivity index (χ3n) is 3.99. The van der Waals surface area contributed by atoms with Gasteiger partial charge in [0.25, 0.3) is 0 Å². The van der Waals surface area contributed by atoms with Crippen LogP contribution in [-0.2, 0) is 4.74 Å². The molecule has 0 aromatic heterocycles. The first kappa shape index (κ1) is 16.1. The monoisotopic (exact) mass is 306 g/mol. The van der Waals surface area contributed by atoms with E-state index < -0.39 is 29.4 Å². The lowest BCUT2D eigenvalue weighted by Crippen LogP contribution is -2.38. The molecular weight excluding hydrogens is 288 g/mol. The molecule has 0 amide bonds. The van der Waals surface area contributed by atoms with E-state index in [0.717, 1.165) is 12.1 Å². The maximum Gasteiger partial charge on any atom is 0.400 e. The van der Waals surface area contributed by atoms with Crippen LogP contribution in [0.15, 0.2) is 12.1 Å². The summed E-state index contributed by atoms with van der Waals surface area (Å²) in [5.41, 5.74) is -0.216. The molecule has 1 aliphatic carbocycles. The highest BCUT2D eigenvalue weighted by atomic mass is 19.3. The largest absolute Gasteiger partial charge is 0.432 e. The van der Waals surface area contributed by atoms with Crippen LogP contribution >= 0.6 is 0 Å². The van der Waals surface area contributed by atoms with Gasteiger partial charge in [0.2, 0.25) is 0 Å². The minimum atomic E-state index is -3.45. The maximum atomic E-state index is 14.1. The Labute approximate surface area is 121 Å². The molecule has 21 heavy (non-hydrogen) atoms. The quantitative estimate of drug-likeness (QED) is 0.765. The van der Waals surface area contributed by atoms with Crippen molar-refractivity contribution in [2.45, 2.75) is 44.8 Å². The fourth-order valence-electron chi connectivity index (χ4n) is 2.56. The molecule has 2 rings (SSSR count). The van der Waals surface area contributed by atoms with Crippen LogP contribution in [-0.4, -0.2) is 19.3 Å². The van der Waals surface area contributed by atoms with E-state index in [1.165, 1.54) is 6.92 Å². The number of hydrogen-bond acceptors (Lipinski definition) is 2. The molecule has 0 spiro atoms. The van der Waals surface area contributed by atoms with Gasteiger partial charge < -0.3 is 9.47 Å². The lowest BCUT2D eigenvalue weighted by atomic mass is 9.86. The Morgan fingerprint density at radius 3 is 2.05 bits per heavy atom. The summed E-state index contributed by atoms with van der Waals surface area (Å²) >= 11 is 0. The smallest absolute Gasteiger partial charge is 0.400 e. The van der Waals surface area contributed by atoms with Gasteiger partial charge in [0.1, 0.15) is 17.4 Å². The van der Waals surface area contributed by atoms with E-state index >= 15 is 0 Å². The topological polar surface area (TPSA) is 18.5 Å². The van der Waals surface area contributed by atoms with Gasteiger partial charge in [-0.25, -0.2) is 8.78 Å². The van der Waals surface area contributed by atoms with Gasteiger partial charge in [0.15, 0.2) is 0 Å². The van der Waals surface area contributed by atoms with Crippen LogP contribution in [0.3, 0.4) is 0 Å². The summed E-state index contributed by atoms with van der Waals surface area (Å²) in [7, 11) is 1.55. The Morgan fingerprint density at radius 1 is 1.05 bits per heavy atom. The number of rotatable bonds is 4. The summed E-state index contributed by atoms with van der Waals surface area (Å²) in [6.45, 7) is 1.23. The molecule has 0 saturated heterocycles. The summed E-state index contributed by atoms with van der Waals surface area (Å²) < 4.78 is 64.6. The fourth-order valence-corrected chi connectivity index (χ4v) is 2.56. The van der Waals surface area contributed by atoms with Crippen molar-refractivity contribution in [3.05, 3.63) is 29.3 Å². The van der Waals surface area contributed by atoms with Gasteiger partial charge in [-0.1, -0.05) is 0 Å². The third-order valence-corrected chi connectivity index (χ3v) is 3.99. The van der Waals surface area contributed by atoms with E-state index in [0.29, 0.717) is 12.8 Å². The molecule has 0 bridgehead atoms. The van der Waals surface area contributed by atoms with Crippen LogP contribution in [0, 0.1) is 24.5 Å². The molecule has 0 radical (unpaired) electrons. The summed E-state index contributed by atoms with van der Waals surface area (Å²) in [5.74, 6) is -3.27. The van der Waals surface area contributed by atoms with Crippen molar-refractivity contribution in [1.29, 1.82) is 0 Å². The van der Waals surface area contributed by atoms with E-state index in [1.807, 2.05) is 0 Å². The molecule has 1 saturated carbocycles. The minimum Gasteiger partial charge on any atom is -0.432 e. The fraction of sp³-hybridized carbons (Fsp3) is 0.600. The van der Waals surface area contributed by atoms with Crippen molar-refractivity contribution < 1.29 is 27.0 Å². The number of halogens is 4. The summed E-state index contributed by atoms with van der Waals surface area (Å²) in [4.78, 5) is 0. The molecule has 2 nitrogen and oxygen atoms in total. The first-order valence-corrected chi connectivity index (χ1v) is 6.88. The van der Waals surface area contributed by atoms with Crippen LogP contribution in [0.25, 0.3) is 0 Å². The molecular formula is C15H18F4O2. The van der Waals surface area contributed by atoms with Gasteiger partial charge in [0.05, 0.1) is 12.0 Å². The first-order valence-electron chi connectivity index (χ1n) is 6.88.